The number of amides is 1. The molecule has 3 N–H and O–H groups in total. The first kappa shape index (κ1) is 22.1. The molecule has 1 unspecified atom stereocenters. The third-order valence-corrected chi connectivity index (χ3v) is 6.03. The van der Waals surface area contributed by atoms with Crippen LogP contribution in [0.5, 0.6) is 0 Å². The lowest BCUT2D eigenvalue weighted by molar-refractivity contribution is -0.611. The molecule has 162 valence electrons. The Bertz CT molecular complexity index is 905. The summed E-state index contributed by atoms with van der Waals surface area (Å²) >= 11 is 0. The van der Waals surface area contributed by atoms with Crippen LogP contribution < -0.4 is 15.8 Å². The summed E-state index contributed by atoms with van der Waals surface area (Å²) in [6.45, 7) is 3.67. The van der Waals surface area contributed by atoms with Crippen LogP contribution in [-0.2, 0) is 4.79 Å². The molecule has 0 spiro atoms. The van der Waals surface area contributed by atoms with E-state index in [1.54, 1.807) is 25.1 Å². The minimum absolute atomic E-state index is 0.0132. The van der Waals surface area contributed by atoms with Crippen molar-refractivity contribution in [3.05, 3.63) is 53.0 Å². The summed E-state index contributed by atoms with van der Waals surface area (Å²) in [5, 5.41) is 14.6. The number of nitrogens with zero attached hydrogens (tertiary/aromatic N) is 1. The number of rotatable bonds is 4. The van der Waals surface area contributed by atoms with Crippen molar-refractivity contribution < 1.29 is 22.7 Å². The van der Waals surface area contributed by atoms with Crippen molar-refractivity contribution in [2.24, 2.45) is 17.6 Å². The molecular formula is C22H26F3N3O2. The maximum atomic E-state index is 12.8. The number of aryl methyl sites for hydroxylation is 1. The minimum Gasteiger partial charge on any atom is -0.618 e. The first-order valence-corrected chi connectivity index (χ1v) is 10.0. The van der Waals surface area contributed by atoms with Crippen LogP contribution in [0.1, 0.15) is 36.9 Å². The number of aromatic nitrogens is 1. The van der Waals surface area contributed by atoms with Gasteiger partial charge in [0.1, 0.15) is 0 Å². The number of benzene rings is 1. The van der Waals surface area contributed by atoms with Gasteiger partial charge in [-0.2, -0.15) is 17.9 Å². The average molecular weight is 421 g/mol. The van der Waals surface area contributed by atoms with Gasteiger partial charge in [0.2, 0.25) is 5.91 Å². The summed E-state index contributed by atoms with van der Waals surface area (Å²) in [5.74, 6) is -1.96. The van der Waals surface area contributed by atoms with E-state index in [4.69, 9.17) is 5.73 Å². The molecule has 30 heavy (non-hydrogen) atoms. The highest BCUT2D eigenvalue weighted by molar-refractivity contribution is 5.95. The van der Waals surface area contributed by atoms with Gasteiger partial charge in [-0.3, -0.25) is 4.79 Å². The fraction of sp³-hybridized carbons (Fsp3) is 0.455. The molecule has 1 saturated carbocycles. The lowest BCUT2D eigenvalue weighted by Gasteiger charge is -2.32. The van der Waals surface area contributed by atoms with Gasteiger partial charge in [0.15, 0.2) is 11.9 Å². The molecule has 1 aliphatic rings. The van der Waals surface area contributed by atoms with E-state index in [1.807, 2.05) is 19.1 Å². The summed E-state index contributed by atoms with van der Waals surface area (Å²) in [7, 11) is 0. The highest BCUT2D eigenvalue weighted by Gasteiger charge is 2.42. The first-order valence-electron chi connectivity index (χ1n) is 10.0. The predicted molar refractivity (Wildman–Crippen MR) is 108 cm³/mol. The number of halogens is 3. The molecular weight excluding hydrogens is 395 g/mol. The number of alkyl halides is 3. The van der Waals surface area contributed by atoms with Crippen molar-refractivity contribution >= 4 is 11.6 Å². The molecule has 0 saturated heterocycles. The highest BCUT2D eigenvalue weighted by Crippen LogP contribution is 2.40. The molecule has 5 nitrogen and oxygen atoms in total. The van der Waals surface area contributed by atoms with E-state index in [2.05, 4.69) is 5.32 Å². The third kappa shape index (κ3) is 4.75. The number of pyridine rings is 1. The standard InChI is InChI=1S/C22H26F3N3O2/c1-13-11-12-28(30)14(2)19(13)15-5-9-18(10-6-15)27-21(29)20(26)16-3-7-17(8-4-16)22(23,24)25/h5-6,9-12,16-17,20H,3-4,7-8,26H2,1-2H3,(H,27,29). The quantitative estimate of drug-likeness (QED) is 0.572. The zero-order valence-corrected chi connectivity index (χ0v) is 17.0. The van der Waals surface area contributed by atoms with Gasteiger partial charge in [-0.15, -0.1) is 0 Å². The van der Waals surface area contributed by atoms with E-state index in [0.29, 0.717) is 24.2 Å². The molecule has 2 aromatic rings. The van der Waals surface area contributed by atoms with Crippen LogP contribution in [0.4, 0.5) is 18.9 Å². The SMILES string of the molecule is Cc1cc[n+]([O-])c(C)c1-c1ccc(NC(=O)C(N)C2CCC(C(F)(F)F)CC2)cc1. The summed E-state index contributed by atoms with van der Waals surface area (Å²) in [5.41, 5.74) is 9.83. The van der Waals surface area contributed by atoms with E-state index >= 15 is 0 Å². The molecule has 1 amide bonds. The first-order chi connectivity index (χ1) is 14.1. The van der Waals surface area contributed by atoms with Crippen LogP contribution in [0.15, 0.2) is 36.5 Å². The number of hydrogen-bond donors (Lipinski definition) is 2. The lowest BCUT2D eigenvalue weighted by atomic mass is 9.78. The van der Waals surface area contributed by atoms with Crippen LogP contribution in [0, 0.1) is 30.9 Å². The monoisotopic (exact) mass is 421 g/mol. The Kier molecular flexibility index (Phi) is 6.36. The van der Waals surface area contributed by atoms with Crippen LogP contribution in [0.3, 0.4) is 0 Å². The third-order valence-electron chi connectivity index (χ3n) is 6.03. The van der Waals surface area contributed by atoms with Crippen molar-refractivity contribution in [3.8, 4) is 11.1 Å². The number of anilines is 1. The Morgan fingerprint density at radius 2 is 1.73 bits per heavy atom. The molecule has 0 radical (unpaired) electrons. The molecule has 8 heteroatoms. The Hall–Kier alpha value is -2.61. The molecule has 1 aromatic carbocycles. The van der Waals surface area contributed by atoms with Gasteiger partial charge < -0.3 is 16.3 Å². The Labute approximate surface area is 173 Å². The van der Waals surface area contributed by atoms with Crippen LogP contribution in [-0.4, -0.2) is 18.1 Å². The molecule has 0 bridgehead atoms. The number of hydrogen-bond acceptors (Lipinski definition) is 3. The van der Waals surface area contributed by atoms with Crippen LogP contribution in [0.25, 0.3) is 11.1 Å². The van der Waals surface area contributed by atoms with Crippen molar-refractivity contribution in [1.29, 1.82) is 0 Å². The molecule has 1 aromatic heterocycles. The Morgan fingerprint density at radius 1 is 1.13 bits per heavy atom. The summed E-state index contributed by atoms with van der Waals surface area (Å²) in [6.07, 6.45) is -2.11. The summed E-state index contributed by atoms with van der Waals surface area (Å²) in [6, 6.07) is 7.97. The molecule has 1 atom stereocenters. The van der Waals surface area contributed by atoms with E-state index < -0.39 is 24.0 Å². The number of nitrogens with two attached hydrogens (primary N) is 1. The summed E-state index contributed by atoms with van der Waals surface area (Å²) in [4.78, 5) is 12.5. The summed E-state index contributed by atoms with van der Waals surface area (Å²) < 4.78 is 39.3. The minimum atomic E-state index is -4.18. The Morgan fingerprint density at radius 3 is 2.30 bits per heavy atom. The smallest absolute Gasteiger partial charge is 0.391 e. The zero-order chi connectivity index (χ0) is 22.1. The maximum Gasteiger partial charge on any atom is 0.391 e. The van der Waals surface area contributed by atoms with E-state index in [1.165, 1.54) is 6.20 Å². The Balaban J connectivity index is 1.63. The largest absolute Gasteiger partial charge is 0.618 e. The molecule has 1 heterocycles. The van der Waals surface area contributed by atoms with Crippen molar-refractivity contribution in [3.63, 3.8) is 0 Å². The van der Waals surface area contributed by atoms with Gasteiger partial charge in [-0.25, -0.2) is 0 Å². The predicted octanol–water partition coefficient (Wildman–Crippen LogP) is 4.24. The average Bonchev–Trinajstić information content (AvgIpc) is 2.71. The second-order valence-electron chi connectivity index (χ2n) is 8.03. The maximum absolute atomic E-state index is 12.8. The van der Waals surface area contributed by atoms with E-state index in [9.17, 15) is 23.2 Å². The van der Waals surface area contributed by atoms with Gasteiger partial charge >= 0.3 is 6.18 Å². The zero-order valence-electron chi connectivity index (χ0n) is 17.0. The molecule has 1 aliphatic carbocycles. The van der Waals surface area contributed by atoms with Gasteiger partial charge in [0.25, 0.3) is 0 Å². The topological polar surface area (TPSA) is 82.1 Å². The molecule has 1 fully saturated rings. The normalized spacial score (nSPS) is 20.6. The second kappa shape index (κ2) is 8.63. The van der Waals surface area contributed by atoms with Gasteiger partial charge in [-0.1, -0.05) is 12.1 Å². The lowest BCUT2D eigenvalue weighted by Crippen LogP contribution is -2.44. The van der Waals surface area contributed by atoms with Gasteiger partial charge in [0.05, 0.1) is 17.5 Å². The van der Waals surface area contributed by atoms with Gasteiger partial charge in [-0.05, 0) is 61.8 Å². The number of nitrogens with one attached hydrogen (secondary N) is 1. The fourth-order valence-corrected chi connectivity index (χ4v) is 4.17. The second-order valence-corrected chi connectivity index (χ2v) is 8.03. The van der Waals surface area contributed by atoms with Crippen LogP contribution in [0.2, 0.25) is 0 Å². The van der Waals surface area contributed by atoms with Crippen molar-refractivity contribution in [2.75, 3.05) is 5.32 Å². The fourth-order valence-electron chi connectivity index (χ4n) is 4.17. The van der Waals surface area contributed by atoms with Crippen LogP contribution >= 0.6 is 0 Å². The number of carbonyl (C=O) groups is 1. The van der Waals surface area contributed by atoms with Crippen molar-refractivity contribution in [2.45, 2.75) is 51.7 Å². The van der Waals surface area contributed by atoms with Crippen molar-refractivity contribution in [1.82, 2.24) is 0 Å². The van der Waals surface area contributed by atoms with E-state index in [0.717, 1.165) is 21.4 Å². The highest BCUT2D eigenvalue weighted by atomic mass is 19.4. The van der Waals surface area contributed by atoms with Gasteiger partial charge in [0, 0.05) is 18.7 Å². The number of carbonyl (C=O) groups excluding carboxylic acids is 1. The van der Waals surface area contributed by atoms with E-state index in [-0.39, 0.29) is 18.8 Å². The molecule has 0 aliphatic heterocycles. The molecule has 3 rings (SSSR count).